The van der Waals surface area contributed by atoms with Crippen LogP contribution < -0.4 is 16.0 Å². The fourth-order valence-electron chi connectivity index (χ4n) is 5.09. The van der Waals surface area contributed by atoms with E-state index in [1.165, 1.54) is 24.5 Å². The van der Waals surface area contributed by atoms with Crippen LogP contribution in [0.5, 0.6) is 5.75 Å². The molecule has 1 fully saturated rings. The molecule has 0 aliphatic heterocycles. The number of aromatic nitrogens is 6. The monoisotopic (exact) mass is 531 g/mol. The van der Waals surface area contributed by atoms with Gasteiger partial charge in [-0.25, -0.2) is 28.4 Å². The number of nitrogens with two attached hydrogens (primary N) is 1. The van der Waals surface area contributed by atoms with E-state index in [-0.39, 0.29) is 34.6 Å². The summed E-state index contributed by atoms with van der Waals surface area (Å²) in [6.07, 6.45) is 3.71. The van der Waals surface area contributed by atoms with Gasteiger partial charge in [0.2, 0.25) is 0 Å². The Labute approximate surface area is 222 Å². The van der Waals surface area contributed by atoms with Crippen LogP contribution in [0.3, 0.4) is 0 Å². The lowest BCUT2D eigenvalue weighted by molar-refractivity contribution is 0.231. The SMILES string of the molecule is CC(C)Oc1ccc(-c2nn(C(C)c3nc4cccc(F)c4c(=O)n3C3CCC3)c3ncnc(N)c23)cc1F. The standard InChI is InChI=1S/C28H27F2N7O2/c1-14(2)39-21-11-10-16(12-19(21)30)24-23-25(31)32-13-33-27(23)37(35-24)15(3)26-34-20-9-5-8-18(29)22(20)28(38)36(26)17-6-4-7-17/h5,8-15,17H,4,6-7H2,1-3H3,(H2,31,32,33). The van der Waals surface area contributed by atoms with Crippen molar-refractivity contribution < 1.29 is 13.5 Å². The molecule has 3 heterocycles. The van der Waals surface area contributed by atoms with Crippen LogP contribution in [0.4, 0.5) is 14.6 Å². The number of halogens is 2. The summed E-state index contributed by atoms with van der Waals surface area (Å²) in [4.78, 5) is 26.9. The maximum atomic E-state index is 14.9. The number of fused-ring (bicyclic) bond motifs is 2. The highest BCUT2D eigenvalue weighted by molar-refractivity contribution is 5.98. The highest BCUT2D eigenvalue weighted by Gasteiger charge is 2.30. The third-order valence-electron chi connectivity index (χ3n) is 7.17. The van der Waals surface area contributed by atoms with Crippen LogP contribution in [-0.4, -0.2) is 35.4 Å². The molecule has 3 aromatic heterocycles. The number of anilines is 1. The first kappa shape index (κ1) is 24.9. The number of nitrogens with zero attached hydrogens (tertiary/aromatic N) is 6. The van der Waals surface area contributed by atoms with Gasteiger partial charge in [-0.15, -0.1) is 0 Å². The summed E-state index contributed by atoms with van der Waals surface area (Å²) >= 11 is 0. The van der Waals surface area contributed by atoms with E-state index < -0.39 is 23.2 Å². The fraction of sp³-hybridized carbons (Fsp3) is 0.321. The highest BCUT2D eigenvalue weighted by Crippen LogP contribution is 2.37. The molecule has 1 aliphatic rings. The van der Waals surface area contributed by atoms with E-state index in [0.29, 0.717) is 28.1 Å². The van der Waals surface area contributed by atoms with Gasteiger partial charge in [-0.2, -0.15) is 5.10 Å². The average Bonchev–Trinajstić information content (AvgIpc) is 3.26. The van der Waals surface area contributed by atoms with Gasteiger partial charge in [0.15, 0.2) is 17.2 Å². The van der Waals surface area contributed by atoms with E-state index >= 15 is 0 Å². The molecule has 0 spiro atoms. The minimum atomic E-state index is -0.600. The van der Waals surface area contributed by atoms with Crippen LogP contribution >= 0.6 is 0 Å². The quantitative estimate of drug-likeness (QED) is 0.321. The third kappa shape index (κ3) is 4.08. The topological polar surface area (TPSA) is 114 Å². The Kier molecular flexibility index (Phi) is 6.00. The lowest BCUT2D eigenvalue weighted by Gasteiger charge is -2.31. The first-order chi connectivity index (χ1) is 18.7. The van der Waals surface area contributed by atoms with Gasteiger partial charge in [0.25, 0.3) is 5.56 Å². The van der Waals surface area contributed by atoms with Crippen molar-refractivity contribution >= 4 is 27.8 Å². The van der Waals surface area contributed by atoms with E-state index in [0.717, 1.165) is 19.3 Å². The van der Waals surface area contributed by atoms with Crippen LogP contribution in [0, 0.1) is 11.6 Å². The zero-order valence-electron chi connectivity index (χ0n) is 21.7. The van der Waals surface area contributed by atoms with Gasteiger partial charge in [-0.3, -0.25) is 9.36 Å². The third-order valence-corrected chi connectivity index (χ3v) is 7.17. The second-order valence-corrected chi connectivity index (χ2v) is 10.1. The lowest BCUT2D eigenvalue weighted by Crippen LogP contribution is -2.35. The van der Waals surface area contributed by atoms with Crippen molar-refractivity contribution in [2.24, 2.45) is 0 Å². The van der Waals surface area contributed by atoms with Gasteiger partial charge < -0.3 is 10.5 Å². The van der Waals surface area contributed by atoms with E-state index in [1.54, 1.807) is 27.4 Å². The minimum Gasteiger partial charge on any atom is -0.488 e. The number of benzene rings is 2. The highest BCUT2D eigenvalue weighted by atomic mass is 19.1. The van der Waals surface area contributed by atoms with Crippen molar-refractivity contribution in [3.8, 4) is 17.0 Å². The number of ether oxygens (including phenoxy) is 1. The van der Waals surface area contributed by atoms with Crippen LogP contribution in [0.25, 0.3) is 33.2 Å². The summed E-state index contributed by atoms with van der Waals surface area (Å²) in [7, 11) is 0. The molecule has 0 saturated heterocycles. The Morgan fingerprint density at radius 2 is 1.85 bits per heavy atom. The number of hydrogen-bond acceptors (Lipinski definition) is 7. The Bertz CT molecular complexity index is 1790. The van der Waals surface area contributed by atoms with Crippen molar-refractivity contribution in [3.63, 3.8) is 0 Å². The Morgan fingerprint density at radius 1 is 1.05 bits per heavy atom. The summed E-state index contributed by atoms with van der Waals surface area (Å²) in [5.41, 5.74) is 7.37. The number of rotatable bonds is 6. The number of hydrogen-bond donors (Lipinski definition) is 1. The molecular formula is C28H27F2N7O2. The molecule has 0 bridgehead atoms. The minimum absolute atomic E-state index is 0.0305. The summed E-state index contributed by atoms with van der Waals surface area (Å²) in [6, 6.07) is 8.32. The summed E-state index contributed by atoms with van der Waals surface area (Å²) in [5.74, 6) is -0.391. The molecule has 2 aromatic carbocycles. The molecule has 0 amide bonds. The molecule has 200 valence electrons. The summed E-state index contributed by atoms with van der Waals surface area (Å²) in [5, 5.41) is 5.22. The predicted molar refractivity (Wildman–Crippen MR) is 144 cm³/mol. The second kappa shape index (κ2) is 9.40. The molecule has 39 heavy (non-hydrogen) atoms. The summed E-state index contributed by atoms with van der Waals surface area (Å²) in [6.45, 7) is 5.48. The van der Waals surface area contributed by atoms with Crippen molar-refractivity contribution in [2.75, 3.05) is 5.73 Å². The molecule has 1 atom stereocenters. The van der Waals surface area contributed by atoms with E-state index in [4.69, 9.17) is 20.6 Å². The lowest BCUT2D eigenvalue weighted by atomic mass is 9.92. The Morgan fingerprint density at radius 3 is 2.54 bits per heavy atom. The van der Waals surface area contributed by atoms with Crippen molar-refractivity contribution in [3.05, 3.63) is 70.5 Å². The molecule has 1 aliphatic carbocycles. The second-order valence-electron chi connectivity index (χ2n) is 10.1. The molecule has 2 N–H and O–H groups in total. The van der Waals surface area contributed by atoms with Gasteiger partial charge >= 0.3 is 0 Å². The molecule has 0 radical (unpaired) electrons. The predicted octanol–water partition coefficient (Wildman–Crippen LogP) is 5.19. The number of nitrogen functional groups attached to an aromatic ring is 1. The zero-order valence-corrected chi connectivity index (χ0v) is 21.7. The van der Waals surface area contributed by atoms with Gasteiger partial charge in [0.05, 0.1) is 17.0 Å². The first-order valence-electron chi connectivity index (χ1n) is 12.9. The maximum absolute atomic E-state index is 14.9. The van der Waals surface area contributed by atoms with Crippen molar-refractivity contribution in [2.45, 2.75) is 58.2 Å². The molecule has 1 unspecified atom stereocenters. The van der Waals surface area contributed by atoms with Crippen LogP contribution in [0.15, 0.2) is 47.5 Å². The maximum Gasteiger partial charge on any atom is 0.264 e. The van der Waals surface area contributed by atoms with E-state index in [2.05, 4.69) is 9.97 Å². The van der Waals surface area contributed by atoms with Gasteiger partial charge in [-0.05, 0) is 70.4 Å². The van der Waals surface area contributed by atoms with Crippen LogP contribution in [0.2, 0.25) is 0 Å². The van der Waals surface area contributed by atoms with E-state index in [1.807, 2.05) is 20.8 Å². The molecule has 11 heteroatoms. The molecule has 6 rings (SSSR count). The summed E-state index contributed by atoms with van der Waals surface area (Å²) < 4.78 is 38.4. The largest absolute Gasteiger partial charge is 0.488 e. The van der Waals surface area contributed by atoms with Gasteiger partial charge in [0, 0.05) is 11.6 Å². The molecule has 5 aromatic rings. The van der Waals surface area contributed by atoms with E-state index in [9.17, 15) is 13.6 Å². The molecular weight excluding hydrogens is 504 g/mol. The van der Waals surface area contributed by atoms with Crippen LogP contribution in [0.1, 0.15) is 57.9 Å². The Hall–Kier alpha value is -4.41. The van der Waals surface area contributed by atoms with Gasteiger partial charge in [0.1, 0.15) is 40.9 Å². The molecule has 9 nitrogen and oxygen atoms in total. The Balaban J connectivity index is 1.55. The van der Waals surface area contributed by atoms with Gasteiger partial charge in [-0.1, -0.05) is 6.07 Å². The normalized spacial score (nSPS) is 14.7. The van der Waals surface area contributed by atoms with Crippen molar-refractivity contribution in [1.82, 2.24) is 29.3 Å². The fourth-order valence-corrected chi connectivity index (χ4v) is 5.09. The van der Waals surface area contributed by atoms with Crippen molar-refractivity contribution in [1.29, 1.82) is 0 Å². The average molecular weight is 532 g/mol. The zero-order chi connectivity index (χ0) is 27.4. The smallest absolute Gasteiger partial charge is 0.264 e. The molecule has 1 saturated carbocycles. The van der Waals surface area contributed by atoms with Crippen LogP contribution in [-0.2, 0) is 0 Å². The first-order valence-corrected chi connectivity index (χ1v) is 12.9.